The molecule has 0 saturated carbocycles. The molecule has 2 heterocycles. The Bertz CT molecular complexity index is 580. The van der Waals surface area contributed by atoms with Crippen LogP contribution in [0.15, 0.2) is 47.1 Å². The molecule has 0 aromatic carbocycles. The SMILES string of the molecule is C=C(C)/C1=C/C=C(/C)CC[C@@H](O)[C@]2(C)CCC=C(CC1)C(=O)O2. The molecule has 0 amide bonds. The van der Waals surface area contributed by atoms with E-state index in [1.54, 1.807) is 0 Å². The molecule has 2 rings (SSSR count). The van der Waals surface area contributed by atoms with Gasteiger partial charge in [-0.2, -0.15) is 0 Å². The maximum atomic E-state index is 12.4. The van der Waals surface area contributed by atoms with Crippen LogP contribution in [0, 0.1) is 0 Å². The third-order valence-corrected chi connectivity index (χ3v) is 4.92. The van der Waals surface area contributed by atoms with Gasteiger partial charge in [0, 0.05) is 5.57 Å². The molecule has 2 aliphatic heterocycles. The van der Waals surface area contributed by atoms with Crippen LogP contribution in [0.1, 0.15) is 59.3 Å². The van der Waals surface area contributed by atoms with Crippen LogP contribution >= 0.6 is 0 Å². The maximum absolute atomic E-state index is 12.4. The quantitative estimate of drug-likeness (QED) is 0.730. The average Bonchev–Trinajstić information content (AvgIpc) is 2.62. The lowest BCUT2D eigenvalue weighted by atomic mass is 9.89. The van der Waals surface area contributed by atoms with Crippen molar-refractivity contribution < 1.29 is 14.6 Å². The lowest BCUT2D eigenvalue weighted by molar-refractivity contribution is -0.166. The van der Waals surface area contributed by atoms with Gasteiger partial charge in [-0.05, 0) is 64.9 Å². The monoisotopic (exact) mass is 316 g/mol. The lowest BCUT2D eigenvalue weighted by Gasteiger charge is -2.33. The highest BCUT2D eigenvalue weighted by Crippen LogP contribution is 2.32. The van der Waals surface area contributed by atoms with Gasteiger partial charge in [0.25, 0.3) is 0 Å². The minimum absolute atomic E-state index is 0.283. The average molecular weight is 316 g/mol. The first-order chi connectivity index (χ1) is 10.8. The highest BCUT2D eigenvalue weighted by Gasteiger charge is 2.38. The van der Waals surface area contributed by atoms with Crippen LogP contribution < -0.4 is 0 Å². The number of rotatable bonds is 1. The molecule has 0 aromatic rings. The number of esters is 1. The van der Waals surface area contributed by atoms with E-state index < -0.39 is 11.7 Å². The summed E-state index contributed by atoms with van der Waals surface area (Å²) in [6.07, 6.45) is 9.75. The van der Waals surface area contributed by atoms with E-state index in [1.807, 2.05) is 19.9 Å². The Hall–Kier alpha value is -1.61. The number of hydrogen-bond acceptors (Lipinski definition) is 3. The van der Waals surface area contributed by atoms with Crippen LogP contribution in [0.4, 0.5) is 0 Å². The molecule has 0 aliphatic carbocycles. The van der Waals surface area contributed by atoms with E-state index in [1.165, 1.54) is 5.57 Å². The molecular weight excluding hydrogens is 288 g/mol. The zero-order valence-corrected chi connectivity index (χ0v) is 14.5. The van der Waals surface area contributed by atoms with Crippen molar-refractivity contribution in [1.29, 1.82) is 0 Å². The maximum Gasteiger partial charge on any atom is 0.334 e. The Morgan fingerprint density at radius 1 is 1.35 bits per heavy atom. The van der Waals surface area contributed by atoms with Crippen LogP contribution in [0.2, 0.25) is 0 Å². The van der Waals surface area contributed by atoms with Gasteiger partial charge in [-0.15, -0.1) is 0 Å². The fourth-order valence-electron chi connectivity index (χ4n) is 3.09. The second-order valence-corrected chi connectivity index (χ2v) is 7.01. The Morgan fingerprint density at radius 2 is 2.09 bits per heavy atom. The van der Waals surface area contributed by atoms with Crippen molar-refractivity contribution >= 4 is 5.97 Å². The van der Waals surface area contributed by atoms with Crippen molar-refractivity contribution in [3.63, 3.8) is 0 Å². The van der Waals surface area contributed by atoms with Crippen molar-refractivity contribution in [1.82, 2.24) is 0 Å². The van der Waals surface area contributed by atoms with Crippen molar-refractivity contribution in [3.05, 3.63) is 47.1 Å². The molecule has 126 valence electrons. The van der Waals surface area contributed by atoms with Gasteiger partial charge >= 0.3 is 5.97 Å². The third-order valence-electron chi connectivity index (χ3n) is 4.92. The molecule has 0 spiro atoms. The molecule has 23 heavy (non-hydrogen) atoms. The summed E-state index contributed by atoms with van der Waals surface area (Å²) in [6, 6.07) is 0. The normalized spacial score (nSPS) is 34.3. The number of carbonyl (C=O) groups is 1. The second-order valence-electron chi connectivity index (χ2n) is 7.01. The Labute approximate surface area is 139 Å². The third kappa shape index (κ3) is 4.44. The number of ether oxygens (including phenoxy) is 1. The zero-order valence-electron chi connectivity index (χ0n) is 14.5. The number of fused-ring (bicyclic) bond motifs is 3. The molecule has 2 aliphatic rings. The second kappa shape index (κ2) is 7.31. The molecule has 3 nitrogen and oxygen atoms in total. The molecule has 0 saturated heterocycles. The molecule has 2 atom stereocenters. The number of allylic oxidation sites excluding steroid dienone is 6. The van der Waals surface area contributed by atoms with Gasteiger partial charge in [0.1, 0.15) is 5.60 Å². The summed E-state index contributed by atoms with van der Waals surface area (Å²) >= 11 is 0. The van der Waals surface area contributed by atoms with Gasteiger partial charge in [-0.1, -0.05) is 36.0 Å². The highest BCUT2D eigenvalue weighted by atomic mass is 16.6. The number of aliphatic hydroxyl groups excluding tert-OH is 1. The van der Waals surface area contributed by atoms with Crippen LogP contribution in [0.5, 0.6) is 0 Å². The summed E-state index contributed by atoms with van der Waals surface area (Å²) in [4.78, 5) is 12.4. The fourth-order valence-corrected chi connectivity index (χ4v) is 3.09. The van der Waals surface area contributed by atoms with E-state index in [0.29, 0.717) is 24.8 Å². The van der Waals surface area contributed by atoms with Gasteiger partial charge < -0.3 is 9.84 Å². The zero-order chi connectivity index (χ0) is 17.0. The van der Waals surface area contributed by atoms with Crippen LogP contribution in [0.3, 0.4) is 0 Å². The molecule has 1 N–H and O–H groups in total. The number of hydrogen-bond donors (Lipinski definition) is 1. The summed E-state index contributed by atoms with van der Waals surface area (Å²) < 4.78 is 5.70. The van der Waals surface area contributed by atoms with Gasteiger partial charge in [0.15, 0.2) is 0 Å². The Morgan fingerprint density at radius 3 is 2.78 bits per heavy atom. The molecule has 0 fully saturated rings. The van der Waals surface area contributed by atoms with Gasteiger partial charge in [0.05, 0.1) is 6.10 Å². The van der Waals surface area contributed by atoms with Crippen LogP contribution in [-0.4, -0.2) is 22.8 Å². The topological polar surface area (TPSA) is 46.5 Å². The minimum atomic E-state index is -0.797. The van der Waals surface area contributed by atoms with E-state index in [-0.39, 0.29) is 5.97 Å². The van der Waals surface area contributed by atoms with Crippen molar-refractivity contribution in [2.45, 2.75) is 71.0 Å². The lowest BCUT2D eigenvalue weighted by Crippen LogP contribution is -2.43. The Kier molecular flexibility index (Phi) is 5.64. The van der Waals surface area contributed by atoms with Crippen molar-refractivity contribution in [2.75, 3.05) is 0 Å². The molecule has 0 radical (unpaired) electrons. The first kappa shape index (κ1) is 17.7. The van der Waals surface area contributed by atoms with E-state index in [2.05, 4.69) is 25.7 Å². The summed E-state index contributed by atoms with van der Waals surface area (Å²) in [5.41, 5.74) is 3.31. The van der Waals surface area contributed by atoms with Gasteiger partial charge in [0.2, 0.25) is 0 Å². The van der Waals surface area contributed by atoms with E-state index in [0.717, 1.165) is 30.4 Å². The molecule has 2 bridgehead atoms. The predicted octanol–water partition coefficient (Wildman–Crippen LogP) is 4.39. The summed E-state index contributed by atoms with van der Waals surface area (Å²) in [5, 5.41) is 10.6. The minimum Gasteiger partial charge on any atom is -0.453 e. The first-order valence-corrected chi connectivity index (χ1v) is 8.44. The van der Waals surface area contributed by atoms with Crippen LogP contribution in [0.25, 0.3) is 0 Å². The van der Waals surface area contributed by atoms with Crippen LogP contribution in [-0.2, 0) is 9.53 Å². The van der Waals surface area contributed by atoms with Gasteiger partial charge in [-0.25, -0.2) is 4.79 Å². The van der Waals surface area contributed by atoms with Crippen molar-refractivity contribution in [2.24, 2.45) is 0 Å². The summed E-state index contributed by atoms with van der Waals surface area (Å²) in [6.45, 7) is 9.95. The molecular formula is C20H28O3. The van der Waals surface area contributed by atoms with E-state index >= 15 is 0 Å². The number of carbonyl (C=O) groups excluding carboxylic acids is 1. The fraction of sp³-hybridized carbons (Fsp3) is 0.550. The highest BCUT2D eigenvalue weighted by molar-refractivity contribution is 5.89. The predicted molar refractivity (Wildman–Crippen MR) is 92.9 cm³/mol. The standard InChI is InChI=1S/C20H28O3/c1-14(2)16-9-7-15(3)8-12-18(21)20(4)13-5-6-17(11-10-16)19(22)23-20/h6-7,9,18,21H,1,5,8,10-13H2,2-4H3/b15-7-,16-9+/t18-,20+/m1/s1. The first-order valence-electron chi connectivity index (χ1n) is 8.44. The molecule has 3 heteroatoms. The summed E-state index contributed by atoms with van der Waals surface area (Å²) in [7, 11) is 0. The smallest absolute Gasteiger partial charge is 0.334 e. The van der Waals surface area contributed by atoms with E-state index in [4.69, 9.17) is 4.74 Å². The van der Waals surface area contributed by atoms with Gasteiger partial charge in [-0.3, -0.25) is 0 Å². The molecule has 0 unspecified atom stereocenters. The van der Waals surface area contributed by atoms with E-state index in [9.17, 15) is 9.90 Å². The number of aliphatic hydroxyl groups is 1. The van der Waals surface area contributed by atoms with Crippen molar-refractivity contribution in [3.8, 4) is 0 Å². The largest absolute Gasteiger partial charge is 0.453 e. The summed E-state index contributed by atoms with van der Waals surface area (Å²) in [5.74, 6) is -0.283. The molecule has 0 aromatic heterocycles. The Balaban J connectivity index is 2.34.